The summed E-state index contributed by atoms with van der Waals surface area (Å²) in [6.45, 7) is 7.19. The molecule has 0 bridgehead atoms. The number of carbonyl (C=O) groups is 2. The van der Waals surface area contributed by atoms with Crippen LogP contribution in [0.4, 0.5) is 14.9 Å². The van der Waals surface area contributed by atoms with Crippen molar-refractivity contribution in [1.29, 1.82) is 0 Å². The monoisotopic (exact) mass is 564 g/mol. The molecule has 0 unspecified atom stereocenters. The number of rotatable bonds is 8. The lowest BCUT2D eigenvalue weighted by Crippen LogP contribution is -2.48. The van der Waals surface area contributed by atoms with Crippen molar-refractivity contribution in [2.45, 2.75) is 57.2 Å². The Balaban J connectivity index is 1.95. The maximum Gasteiger partial charge on any atom is 0.319 e. The second-order valence-corrected chi connectivity index (χ2v) is 12.2. The number of benzene rings is 2. The van der Waals surface area contributed by atoms with Gasteiger partial charge >= 0.3 is 6.03 Å². The number of hydrogen-bond donors (Lipinski definition) is 3. The van der Waals surface area contributed by atoms with Crippen LogP contribution in [0.5, 0.6) is 5.75 Å². The van der Waals surface area contributed by atoms with Gasteiger partial charge in [0.1, 0.15) is 17.7 Å². The van der Waals surface area contributed by atoms with E-state index in [1.807, 2.05) is 20.8 Å². The number of fused-ring (bicyclic) bond motifs is 1. The van der Waals surface area contributed by atoms with Gasteiger partial charge in [-0.15, -0.1) is 0 Å². The van der Waals surface area contributed by atoms with Gasteiger partial charge in [0.2, 0.25) is 15.9 Å². The highest BCUT2D eigenvalue weighted by Gasteiger charge is 2.33. The lowest BCUT2D eigenvalue weighted by atomic mass is 10.0. The first kappa shape index (κ1) is 30.3. The maximum atomic E-state index is 13.4. The fraction of sp³-hybridized carbons (Fsp3) is 0.481. The van der Waals surface area contributed by atoms with Gasteiger partial charge in [-0.2, -0.15) is 4.31 Å². The summed E-state index contributed by atoms with van der Waals surface area (Å²) in [5, 5.41) is 15.3. The number of aliphatic hydroxyl groups is 1. The summed E-state index contributed by atoms with van der Waals surface area (Å²) >= 11 is 0. The molecule has 0 saturated carbocycles. The minimum atomic E-state index is -3.95. The Kier molecular flexibility index (Phi) is 9.92. The smallest absolute Gasteiger partial charge is 0.319 e. The predicted molar refractivity (Wildman–Crippen MR) is 145 cm³/mol. The number of amides is 3. The second kappa shape index (κ2) is 12.8. The molecule has 1 aliphatic rings. The number of urea groups is 1. The number of nitrogens with one attached hydrogen (secondary N) is 2. The molecule has 0 fully saturated rings. The molecule has 0 radical (unpaired) electrons. The fourth-order valence-electron chi connectivity index (χ4n) is 4.29. The molecular formula is C27H37FN4O6S. The Hall–Kier alpha value is -3.22. The van der Waals surface area contributed by atoms with Crippen molar-refractivity contribution in [3.63, 3.8) is 0 Å². The van der Waals surface area contributed by atoms with E-state index in [4.69, 9.17) is 4.74 Å². The van der Waals surface area contributed by atoms with Crippen LogP contribution < -0.4 is 15.4 Å². The molecule has 2 aromatic rings. The quantitative estimate of drug-likeness (QED) is 0.453. The topological polar surface area (TPSA) is 128 Å². The Labute approximate surface area is 229 Å². The molecule has 39 heavy (non-hydrogen) atoms. The lowest BCUT2D eigenvalue weighted by Gasteiger charge is -2.33. The van der Waals surface area contributed by atoms with E-state index < -0.39 is 34.0 Å². The van der Waals surface area contributed by atoms with E-state index in [0.29, 0.717) is 17.0 Å². The zero-order valence-electron chi connectivity index (χ0n) is 22.8. The molecule has 0 saturated heterocycles. The van der Waals surface area contributed by atoms with Gasteiger partial charge in [0.25, 0.3) is 0 Å². The number of carbonyl (C=O) groups excluding carboxylic acids is 2. The Bertz CT molecular complexity index is 1270. The molecule has 12 heteroatoms. The number of ether oxygens (including phenoxy) is 1. The number of anilines is 1. The van der Waals surface area contributed by atoms with Crippen LogP contribution in [0.15, 0.2) is 47.4 Å². The van der Waals surface area contributed by atoms with Crippen LogP contribution in [0, 0.1) is 11.7 Å². The highest BCUT2D eigenvalue weighted by atomic mass is 32.2. The van der Waals surface area contributed by atoms with Crippen molar-refractivity contribution in [2.24, 2.45) is 5.92 Å². The van der Waals surface area contributed by atoms with E-state index in [2.05, 4.69) is 10.6 Å². The first-order valence-corrected chi connectivity index (χ1v) is 14.2. The third-order valence-corrected chi connectivity index (χ3v) is 8.39. The van der Waals surface area contributed by atoms with Crippen LogP contribution in [0.3, 0.4) is 0 Å². The summed E-state index contributed by atoms with van der Waals surface area (Å²) in [7, 11) is -2.53. The van der Waals surface area contributed by atoms with Crippen molar-refractivity contribution >= 4 is 27.6 Å². The van der Waals surface area contributed by atoms with Crippen LogP contribution in [-0.2, 0) is 21.2 Å². The van der Waals surface area contributed by atoms with Gasteiger partial charge in [0.15, 0.2) is 0 Å². The van der Waals surface area contributed by atoms with E-state index in [0.717, 1.165) is 16.4 Å². The summed E-state index contributed by atoms with van der Waals surface area (Å²) < 4.78 is 47.2. The molecule has 214 valence electrons. The summed E-state index contributed by atoms with van der Waals surface area (Å²) in [4.78, 5) is 27.1. The van der Waals surface area contributed by atoms with E-state index in [1.165, 1.54) is 19.2 Å². The summed E-state index contributed by atoms with van der Waals surface area (Å²) in [5.41, 5.74) is 0.977. The first-order chi connectivity index (χ1) is 18.3. The summed E-state index contributed by atoms with van der Waals surface area (Å²) in [5.74, 6) is -0.708. The van der Waals surface area contributed by atoms with Crippen LogP contribution in [0.2, 0.25) is 0 Å². The summed E-state index contributed by atoms with van der Waals surface area (Å²) in [6, 6.07) is 8.60. The molecule has 0 aromatic heterocycles. The number of halogens is 1. The fourth-order valence-corrected chi connectivity index (χ4v) is 5.48. The number of aliphatic hydroxyl groups excluding tert-OH is 1. The molecule has 2 aromatic carbocycles. The largest absolute Gasteiger partial charge is 0.488 e. The number of hydrogen-bond acceptors (Lipinski definition) is 6. The molecule has 3 amide bonds. The van der Waals surface area contributed by atoms with Crippen LogP contribution in [-0.4, -0.2) is 79.6 Å². The standard InChI is InChI=1S/C27H37FN4O6S/c1-17(2)29-27(35)30-22-8-11-24-20(12-22)13-26(34)32(19(4)16-33)14-18(3)25(38-24)15-31(5)39(36,37)23-9-6-21(28)7-10-23/h6-12,17-19,25,33H,13-16H2,1-5H3,(H2,29,30,35)/t18-,19+,25+/m1/s1. The summed E-state index contributed by atoms with van der Waals surface area (Å²) in [6.07, 6.45) is -0.712. The van der Waals surface area contributed by atoms with Gasteiger partial charge in [0.05, 0.1) is 30.5 Å². The highest BCUT2D eigenvalue weighted by Crippen LogP contribution is 2.30. The normalized spacial score (nSPS) is 19.0. The molecule has 0 aliphatic carbocycles. The third kappa shape index (κ3) is 7.68. The maximum absolute atomic E-state index is 13.4. The minimum Gasteiger partial charge on any atom is -0.488 e. The molecule has 1 aliphatic heterocycles. The van der Waals surface area contributed by atoms with Gasteiger partial charge in [-0.1, -0.05) is 6.92 Å². The van der Waals surface area contributed by atoms with Crippen LogP contribution in [0.1, 0.15) is 33.3 Å². The third-order valence-electron chi connectivity index (χ3n) is 6.55. The van der Waals surface area contributed by atoms with Crippen LogP contribution >= 0.6 is 0 Å². The van der Waals surface area contributed by atoms with Crippen molar-refractivity contribution in [2.75, 3.05) is 32.1 Å². The first-order valence-electron chi connectivity index (χ1n) is 12.8. The molecule has 3 N–H and O–H groups in total. The Morgan fingerprint density at radius 1 is 1.21 bits per heavy atom. The highest BCUT2D eigenvalue weighted by molar-refractivity contribution is 7.89. The minimum absolute atomic E-state index is 0.0375. The van der Waals surface area contributed by atoms with Gasteiger partial charge in [-0.05, 0) is 63.2 Å². The van der Waals surface area contributed by atoms with E-state index >= 15 is 0 Å². The van der Waals surface area contributed by atoms with Gasteiger partial charge < -0.3 is 25.4 Å². The lowest BCUT2D eigenvalue weighted by molar-refractivity contribution is -0.134. The Morgan fingerprint density at radius 3 is 2.49 bits per heavy atom. The molecule has 3 rings (SSSR count). The SMILES string of the molecule is CC(C)NC(=O)Nc1ccc2c(c1)CC(=O)N([C@@H](C)CO)C[C@@H](C)[C@H](CN(C)S(=O)(=O)c1ccc(F)cc1)O2. The van der Waals surface area contributed by atoms with Crippen molar-refractivity contribution in [3.8, 4) is 5.75 Å². The number of likely N-dealkylation sites (N-methyl/N-ethyl adjacent to an activating group) is 1. The number of sulfonamides is 1. The van der Waals surface area contributed by atoms with Gasteiger partial charge in [-0.3, -0.25) is 4.79 Å². The zero-order chi connectivity index (χ0) is 28.9. The average Bonchev–Trinajstić information content (AvgIpc) is 2.91. The number of nitrogens with zero attached hydrogens (tertiary/aromatic N) is 2. The second-order valence-electron chi connectivity index (χ2n) is 10.2. The molecular weight excluding hydrogens is 527 g/mol. The van der Waals surface area contributed by atoms with E-state index in [1.54, 1.807) is 30.0 Å². The van der Waals surface area contributed by atoms with Crippen LogP contribution in [0.25, 0.3) is 0 Å². The van der Waals surface area contributed by atoms with Crippen molar-refractivity contribution in [1.82, 2.24) is 14.5 Å². The predicted octanol–water partition coefficient (Wildman–Crippen LogP) is 2.83. The molecule has 10 nitrogen and oxygen atoms in total. The Morgan fingerprint density at radius 2 is 1.87 bits per heavy atom. The van der Waals surface area contributed by atoms with Crippen molar-refractivity contribution in [3.05, 3.63) is 53.8 Å². The van der Waals surface area contributed by atoms with Gasteiger partial charge in [-0.25, -0.2) is 17.6 Å². The molecule has 3 atom stereocenters. The van der Waals surface area contributed by atoms with E-state index in [9.17, 15) is 27.5 Å². The van der Waals surface area contributed by atoms with Gasteiger partial charge in [0, 0.05) is 36.8 Å². The van der Waals surface area contributed by atoms with E-state index in [-0.39, 0.29) is 48.9 Å². The zero-order valence-corrected chi connectivity index (χ0v) is 23.7. The van der Waals surface area contributed by atoms with Crippen molar-refractivity contribution < 1.29 is 32.2 Å². The average molecular weight is 565 g/mol. The molecule has 1 heterocycles. The molecule has 0 spiro atoms.